The summed E-state index contributed by atoms with van der Waals surface area (Å²) in [6.07, 6.45) is 0.199. The molecule has 18 heavy (non-hydrogen) atoms. The Morgan fingerprint density at radius 3 is 2.44 bits per heavy atom. The van der Waals surface area contributed by atoms with Crippen LogP contribution in [0.2, 0.25) is 0 Å². The van der Waals surface area contributed by atoms with Gasteiger partial charge in [0.25, 0.3) is 5.30 Å². The number of benzene rings is 1. The van der Waals surface area contributed by atoms with E-state index in [0.717, 1.165) is 5.56 Å². The Labute approximate surface area is 109 Å². The highest BCUT2D eigenvalue weighted by atomic mass is 35.5. The number of hydrogen-bond donors (Lipinski definition) is 3. The lowest BCUT2D eigenvalue weighted by atomic mass is 10.1. The molecule has 0 fully saturated rings. The number of halogens is 1. The summed E-state index contributed by atoms with van der Waals surface area (Å²) in [5, 5.41) is -2.01. The smallest absolute Gasteiger partial charge is 0.381 e. The van der Waals surface area contributed by atoms with Crippen LogP contribution in [0.1, 0.15) is 5.56 Å². The molecule has 2 atom stereocenters. The largest absolute Gasteiger partial charge is 0.432 e. The van der Waals surface area contributed by atoms with Gasteiger partial charge in [0.1, 0.15) is 6.04 Å². The summed E-state index contributed by atoms with van der Waals surface area (Å²) < 4.78 is 15.1. The summed E-state index contributed by atoms with van der Waals surface area (Å²) in [6.45, 7) is 0. The van der Waals surface area contributed by atoms with Crippen molar-refractivity contribution in [2.45, 2.75) is 17.8 Å². The van der Waals surface area contributed by atoms with E-state index in [1.165, 1.54) is 0 Å². The lowest BCUT2D eigenvalue weighted by Gasteiger charge is -2.16. The average Bonchev–Trinajstić information content (AvgIpc) is 2.28. The second kappa shape index (κ2) is 6.31. The van der Waals surface area contributed by atoms with Gasteiger partial charge >= 0.3 is 13.6 Å². The van der Waals surface area contributed by atoms with E-state index in [-0.39, 0.29) is 6.42 Å². The van der Waals surface area contributed by atoms with Gasteiger partial charge in [-0.1, -0.05) is 41.9 Å². The molecule has 0 spiro atoms. The van der Waals surface area contributed by atoms with Gasteiger partial charge in [0, 0.05) is 0 Å². The van der Waals surface area contributed by atoms with Crippen molar-refractivity contribution in [1.82, 2.24) is 0 Å². The molecule has 0 heterocycles. The number of alkyl halides is 1. The van der Waals surface area contributed by atoms with Crippen molar-refractivity contribution in [3.63, 3.8) is 0 Å². The molecule has 0 aromatic heterocycles. The Balaban J connectivity index is 2.55. The number of nitrogens with two attached hydrogens (primary N) is 1. The third-order valence-electron chi connectivity index (χ3n) is 2.08. The first kappa shape index (κ1) is 15.1. The monoisotopic (exact) mass is 293 g/mol. The van der Waals surface area contributed by atoms with Crippen LogP contribution in [-0.2, 0) is 20.5 Å². The predicted molar refractivity (Wildman–Crippen MR) is 65.9 cm³/mol. The zero-order valence-corrected chi connectivity index (χ0v) is 10.9. The lowest BCUT2D eigenvalue weighted by Crippen LogP contribution is -2.35. The summed E-state index contributed by atoms with van der Waals surface area (Å²) in [6, 6.07) is 7.90. The zero-order valence-electron chi connectivity index (χ0n) is 9.27. The summed E-state index contributed by atoms with van der Waals surface area (Å²) in [5.41, 5.74) is 6.36. The Morgan fingerprint density at radius 1 is 1.39 bits per heavy atom. The Morgan fingerprint density at radius 2 is 1.94 bits per heavy atom. The van der Waals surface area contributed by atoms with Crippen LogP contribution in [0.15, 0.2) is 30.3 Å². The molecule has 1 aromatic rings. The minimum atomic E-state index is -4.67. The van der Waals surface area contributed by atoms with Crippen molar-refractivity contribution >= 4 is 25.2 Å². The predicted octanol–water partition coefficient (Wildman–Crippen LogP) is 0.800. The highest BCUT2D eigenvalue weighted by Gasteiger charge is 2.32. The molecule has 0 saturated carbocycles. The van der Waals surface area contributed by atoms with E-state index in [0.29, 0.717) is 0 Å². The molecule has 0 aliphatic carbocycles. The number of ether oxygens (including phenoxy) is 1. The van der Waals surface area contributed by atoms with Crippen LogP contribution in [0.5, 0.6) is 0 Å². The molecule has 0 radical (unpaired) electrons. The minimum Gasteiger partial charge on any atom is -0.432 e. The van der Waals surface area contributed by atoms with E-state index >= 15 is 0 Å². The van der Waals surface area contributed by atoms with Gasteiger partial charge in [0.05, 0.1) is 0 Å². The highest BCUT2D eigenvalue weighted by Crippen LogP contribution is 2.44. The fourth-order valence-corrected chi connectivity index (χ4v) is 1.53. The van der Waals surface area contributed by atoms with Crippen LogP contribution < -0.4 is 5.73 Å². The third kappa shape index (κ3) is 4.76. The van der Waals surface area contributed by atoms with E-state index in [9.17, 15) is 9.36 Å². The summed E-state index contributed by atoms with van der Waals surface area (Å²) in [7, 11) is -4.67. The Bertz CT molecular complexity index is 449. The van der Waals surface area contributed by atoms with Crippen LogP contribution in [0.25, 0.3) is 0 Å². The molecule has 1 unspecified atom stereocenters. The van der Waals surface area contributed by atoms with Gasteiger partial charge < -0.3 is 20.3 Å². The van der Waals surface area contributed by atoms with Gasteiger partial charge in [-0.25, -0.2) is 0 Å². The minimum absolute atomic E-state index is 0.199. The maximum absolute atomic E-state index is 11.4. The topological polar surface area (TPSA) is 110 Å². The maximum Gasteiger partial charge on any atom is 0.381 e. The first-order chi connectivity index (χ1) is 8.30. The van der Waals surface area contributed by atoms with E-state index in [4.69, 9.17) is 27.1 Å². The number of hydrogen-bond acceptors (Lipinski definition) is 4. The van der Waals surface area contributed by atoms with Gasteiger partial charge in [-0.05, 0) is 12.0 Å². The number of esters is 1. The first-order valence-electron chi connectivity index (χ1n) is 5.00. The molecular weight excluding hydrogens is 281 g/mol. The summed E-state index contributed by atoms with van der Waals surface area (Å²) >= 11 is 5.24. The molecule has 8 heteroatoms. The fraction of sp³-hybridized carbons (Fsp3) is 0.300. The number of carbonyl (C=O) groups is 1. The Kier molecular flexibility index (Phi) is 5.31. The van der Waals surface area contributed by atoms with Gasteiger partial charge in [-0.2, -0.15) is 0 Å². The molecule has 4 N–H and O–H groups in total. The molecule has 1 aromatic carbocycles. The zero-order chi connectivity index (χ0) is 13.8. The van der Waals surface area contributed by atoms with Gasteiger partial charge in [0.2, 0.25) is 0 Å². The molecule has 0 aliphatic rings. The van der Waals surface area contributed by atoms with Crippen LogP contribution in [0, 0.1) is 0 Å². The Hall–Kier alpha value is -0.910. The number of carbonyl (C=O) groups excluding carboxylic acids is 1. The van der Waals surface area contributed by atoms with E-state index in [2.05, 4.69) is 4.74 Å². The third-order valence-corrected chi connectivity index (χ3v) is 3.57. The quantitative estimate of drug-likeness (QED) is 0.421. The molecule has 100 valence electrons. The summed E-state index contributed by atoms with van der Waals surface area (Å²) in [5.74, 6) is -0.956. The van der Waals surface area contributed by atoms with Crippen molar-refractivity contribution in [2.24, 2.45) is 5.73 Å². The van der Waals surface area contributed by atoms with E-state index < -0.39 is 24.9 Å². The lowest BCUT2D eigenvalue weighted by molar-refractivity contribution is -0.145. The van der Waals surface area contributed by atoms with Crippen LogP contribution in [-0.4, -0.2) is 27.1 Å². The molecule has 6 nitrogen and oxygen atoms in total. The van der Waals surface area contributed by atoms with Crippen molar-refractivity contribution in [2.75, 3.05) is 0 Å². The van der Waals surface area contributed by atoms with Crippen molar-refractivity contribution in [3.05, 3.63) is 35.9 Å². The second-order valence-corrected chi connectivity index (χ2v) is 5.96. The fourth-order valence-electron chi connectivity index (χ4n) is 1.20. The molecule has 1 rings (SSSR count). The van der Waals surface area contributed by atoms with Crippen LogP contribution in [0.4, 0.5) is 0 Å². The van der Waals surface area contributed by atoms with Crippen LogP contribution >= 0.6 is 19.2 Å². The standard InChI is InChI=1S/C10H13ClNO5P/c11-10(18(14,15)16)17-9(13)8(12)6-7-4-2-1-3-5-7/h1-5,8,10H,6,12H2,(H2,14,15,16)/t8-,10?/m0/s1. The van der Waals surface area contributed by atoms with Crippen molar-refractivity contribution in [3.8, 4) is 0 Å². The molecule has 0 bridgehead atoms. The second-order valence-electron chi connectivity index (χ2n) is 3.61. The van der Waals surface area contributed by atoms with E-state index in [1.807, 2.05) is 6.07 Å². The van der Waals surface area contributed by atoms with Crippen LogP contribution in [0.3, 0.4) is 0 Å². The normalized spacial score (nSPS) is 14.9. The van der Waals surface area contributed by atoms with Crippen molar-refractivity contribution in [1.29, 1.82) is 0 Å². The van der Waals surface area contributed by atoms with Crippen molar-refractivity contribution < 1.29 is 23.9 Å². The average molecular weight is 294 g/mol. The van der Waals surface area contributed by atoms with E-state index in [1.54, 1.807) is 24.3 Å². The molecule has 0 saturated heterocycles. The SMILES string of the molecule is N[C@@H](Cc1ccccc1)C(=O)OC(Cl)P(=O)(O)O. The molecule has 0 amide bonds. The highest BCUT2D eigenvalue weighted by molar-refractivity contribution is 7.54. The maximum atomic E-state index is 11.4. The first-order valence-corrected chi connectivity index (χ1v) is 7.12. The van der Waals surface area contributed by atoms with Gasteiger partial charge in [-0.3, -0.25) is 9.36 Å². The molecular formula is C10H13ClNO5P. The van der Waals surface area contributed by atoms with Gasteiger partial charge in [-0.15, -0.1) is 0 Å². The number of rotatable bonds is 5. The molecule has 0 aliphatic heterocycles. The van der Waals surface area contributed by atoms with Gasteiger partial charge in [0.15, 0.2) is 0 Å². The summed E-state index contributed by atoms with van der Waals surface area (Å²) in [4.78, 5) is 28.8.